The number of nitrogens with one attached hydrogen (secondary N) is 1. The number of rotatable bonds is 3. The van der Waals surface area contributed by atoms with Gasteiger partial charge in [-0.3, -0.25) is 9.59 Å². The standard InChI is InChI=1S/C21H25N3O2S/c1-12-8-10-15(11-9-12)22-20(25)14(3)24-21(26)18-16-6-4-5-7-17(16)27-19(18)13(2)23-24/h4-7,12,14-15H,8-11H2,1-3H3,(H,22,25). The van der Waals surface area contributed by atoms with Gasteiger partial charge >= 0.3 is 0 Å². The lowest BCUT2D eigenvalue weighted by Crippen LogP contribution is -2.43. The average molecular weight is 384 g/mol. The molecule has 1 atom stereocenters. The number of thiophene rings is 1. The van der Waals surface area contributed by atoms with Crippen molar-refractivity contribution < 1.29 is 4.79 Å². The molecule has 1 unspecified atom stereocenters. The summed E-state index contributed by atoms with van der Waals surface area (Å²) >= 11 is 1.58. The molecular weight excluding hydrogens is 358 g/mol. The quantitative estimate of drug-likeness (QED) is 0.738. The molecule has 3 aromatic rings. The maximum atomic E-state index is 13.2. The molecule has 1 aliphatic carbocycles. The fraction of sp³-hybridized carbons (Fsp3) is 0.476. The van der Waals surface area contributed by atoms with Crippen molar-refractivity contribution in [2.24, 2.45) is 5.92 Å². The Balaban J connectivity index is 1.68. The summed E-state index contributed by atoms with van der Waals surface area (Å²) in [6, 6.07) is 7.47. The zero-order valence-electron chi connectivity index (χ0n) is 16.0. The van der Waals surface area contributed by atoms with E-state index in [0.29, 0.717) is 5.39 Å². The molecule has 0 radical (unpaired) electrons. The third-order valence-corrected chi connectivity index (χ3v) is 6.99. The molecule has 27 heavy (non-hydrogen) atoms. The number of aromatic nitrogens is 2. The molecule has 0 aliphatic heterocycles. The van der Waals surface area contributed by atoms with Crippen LogP contribution in [0.3, 0.4) is 0 Å². The van der Waals surface area contributed by atoms with Gasteiger partial charge in [-0.15, -0.1) is 11.3 Å². The second-order valence-corrected chi connectivity index (χ2v) is 8.83. The van der Waals surface area contributed by atoms with E-state index < -0.39 is 6.04 Å². The van der Waals surface area contributed by atoms with E-state index in [9.17, 15) is 9.59 Å². The second kappa shape index (κ2) is 7.08. The summed E-state index contributed by atoms with van der Waals surface area (Å²) in [6.07, 6.45) is 4.30. The molecule has 1 fully saturated rings. The van der Waals surface area contributed by atoms with E-state index in [-0.39, 0.29) is 17.5 Å². The minimum atomic E-state index is -0.626. The lowest BCUT2D eigenvalue weighted by atomic mass is 9.87. The van der Waals surface area contributed by atoms with Gasteiger partial charge in [-0.05, 0) is 51.5 Å². The van der Waals surface area contributed by atoms with Crippen LogP contribution in [0.1, 0.15) is 51.3 Å². The number of aryl methyl sites for hydroxylation is 1. The maximum absolute atomic E-state index is 13.2. The van der Waals surface area contributed by atoms with Gasteiger partial charge in [0.25, 0.3) is 5.56 Å². The van der Waals surface area contributed by atoms with E-state index in [1.165, 1.54) is 4.68 Å². The maximum Gasteiger partial charge on any atom is 0.276 e. The Kier molecular flexibility index (Phi) is 4.76. The van der Waals surface area contributed by atoms with Crippen LogP contribution in [0.15, 0.2) is 29.1 Å². The Labute approximate surface area is 162 Å². The molecule has 0 saturated heterocycles. The van der Waals surface area contributed by atoms with Crippen LogP contribution in [0.25, 0.3) is 20.2 Å². The highest BCUT2D eigenvalue weighted by Gasteiger charge is 2.25. The Bertz CT molecular complexity index is 1060. The van der Waals surface area contributed by atoms with Gasteiger partial charge in [-0.2, -0.15) is 5.10 Å². The van der Waals surface area contributed by atoms with Crippen molar-refractivity contribution in [1.29, 1.82) is 0 Å². The Morgan fingerprint density at radius 2 is 1.96 bits per heavy atom. The van der Waals surface area contributed by atoms with E-state index in [0.717, 1.165) is 52.1 Å². The zero-order chi connectivity index (χ0) is 19.1. The van der Waals surface area contributed by atoms with Crippen LogP contribution in [0.2, 0.25) is 0 Å². The third kappa shape index (κ3) is 3.27. The van der Waals surface area contributed by atoms with Gasteiger partial charge < -0.3 is 5.32 Å². The van der Waals surface area contributed by atoms with Crippen LogP contribution in [-0.2, 0) is 4.79 Å². The predicted molar refractivity (Wildman–Crippen MR) is 110 cm³/mol. The Morgan fingerprint density at radius 3 is 2.70 bits per heavy atom. The summed E-state index contributed by atoms with van der Waals surface area (Å²) in [6.45, 7) is 5.92. The van der Waals surface area contributed by atoms with Crippen LogP contribution >= 0.6 is 11.3 Å². The molecular formula is C21H25N3O2S. The van der Waals surface area contributed by atoms with Gasteiger partial charge in [-0.1, -0.05) is 25.1 Å². The fourth-order valence-electron chi connectivity index (χ4n) is 3.98. The number of carbonyl (C=O) groups excluding carboxylic acids is 1. The molecule has 142 valence electrons. The van der Waals surface area contributed by atoms with Crippen molar-refractivity contribution >= 4 is 37.4 Å². The first-order chi connectivity index (χ1) is 13.0. The highest BCUT2D eigenvalue weighted by molar-refractivity contribution is 7.26. The highest BCUT2D eigenvalue weighted by atomic mass is 32.1. The number of amides is 1. The molecule has 6 heteroatoms. The number of hydrogen-bond acceptors (Lipinski definition) is 4. The number of nitrogens with zero attached hydrogens (tertiary/aromatic N) is 2. The van der Waals surface area contributed by atoms with E-state index in [1.807, 2.05) is 31.2 Å². The monoisotopic (exact) mass is 383 g/mol. The van der Waals surface area contributed by atoms with Crippen molar-refractivity contribution in [3.8, 4) is 0 Å². The van der Waals surface area contributed by atoms with Crippen LogP contribution in [0.5, 0.6) is 0 Å². The van der Waals surface area contributed by atoms with Gasteiger partial charge in [0.15, 0.2) is 0 Å². The molecule has 0 bridgehead atoms. The Hall–Kier alpha value is -2.21. The summed E-state index contributed by atoms with van der Waals surface area (Å²) in [4.78, 5) is 26.0. The Morgan fingerprint density at radius 1 is 1.26 bits per heavy atom. The normalized spacial score (nSPS) is 21.4. The summed E-state index contributed by atoms with van der Waals surface area (Å²) < 4.78 is 3.34. The summed E-state index contributed by atoms with van der Waals surface area (Å²) in [7, 11) is 0. The van der Waals surface area contributed by atoms with Gasteiger partial charge in [0, 0.05) is 16.1 Å². The lowest BCUT2D eigenvalue weighted by Gasteiger charge is -2.28. The number of fused-ring (bicyclic) bond motifs is 3. The van der Waals surface area contributed by atoms with Gasteiger partial charge in [0.1, 0.15) is 6.04 Å². The highest BCUT2D eigenvalue weighted by Crippen LogP contribution is 2.33. The molecule has 1 aromatic carbocycles. The summed E-state index contributed by atoms with van der Waals surface area (Å²) in [5, 5.41) is 9.22. The molecule has 2 aromatic heterocycles. The van der Waals surface area contributed by atoms with Crippen LogP contribution < -0.4 is 10.9 Å². The summed E-state index contributed by atoms with van der Waals surface area (Å²) in [5.41, 5.74) is 0.602. The van der Waals surface area contributed by atoms with Gasteiger partial charge in [-0.25, -0.2) is 4.68 Å². The van der Waals surface area contributed by atoms with Crippen LogP contribution in [0, 0.1) is 12.8 Å². The van der Waals surface area contributed by atoms with Crippen molar-refractivity contribution in [3.63, 3.8) is 0 Å². The van der Waals surface area contributed by atoms with E-state index in [4.69, 9.17) is 0 Å². The number of carbonyl (C=O) groups is 1. The minimum Gasteiger partial charge on any atom is -0.352 e. The van der Waals surface area contributed by atoms with Crippen molar-refractivity contribution in [1.82, 2.24) is 15.1 Å². The summed E-state index contributed by atoms with van der Waals surface area (Å²) in [5.74, 6) is 0.610. The predicted octanol–water partition coefficient (Wildman–Crippen LogP) is 4.18. The van der Waals surface area contributed by atoms with Gasteiger partial charge in [0.05, 0.1) is 15.8 Å². The molecule has 1 saturated carbocycles. The first-order valence-corrected chi connectivity index (χ1v) is 10.5. The number of benzene rings is 1. The minimum absolute atomic E-state index is 0.123. The molecule has 1 amide bonds. The molecule has 2 heterocycles. The van der Waals surface area contributed by atoms with E-state index >= 15 is 0 Å². The number of hydrogen-bond donors (Lipinski definition) is 1. The van der Waals surface area contributed by atoms with Crippen LogP contribution in [0.4, 0.5) is 0 Å². The van der Waals surface area contributed by atoms with Crippen molar-refractivity contribution in [2.45, 2.75) is 58.5 Å². The molecule has 1 N–H and O–H groups in total. The molecule has 0 spiro atoms. The SMILES string of the molecule is Cc1nn(C(C)C(=O)NC2CCC(C)CC2)c(=O)c2c1sc1ccccc12. The molecule has 4 rings (SSSR count). The van der Waals surface area contributed by atoms with Crippen molar-refractivity contribution in [3.05, 3.63) is 40.3 Å². The van der Waals surface area contributed by atoms with Crippen LogP contribution in [-0.4, -0.2) is 21.7 Å². The largest absolute Gasteiger partial charge is 0.352 e. The zero-order valence-corrected chi connectivity index (χ0v) is 16.8. The molecule has 1 aliphatic rings. The van der Waals surface area contributed by atoms with E-state index in [2.05, 4.69) is 17.3 Å². The second-order valence-electron chi connectivity index (χ2n) is 7.78. The van der Waals surface area contributed by atoms with Crippen molar-refractivity contribution in [2.75, 3.05) is 0 Å². The molecule has 5 nitrogen and oxygen atoms in total. The topological polar surface area (TPSA) is 64.0 Å². The third-order valence-electron chi connectivity index (χ3n) is 5.71. The fourth-order valence-corrected chi connectivity index (χ4v) is 5.11. The first-order valence-electron chi connectivity index (χ1n) is 9.66. The first kappa shape index (κ1) is 18.2. The lowest BCUT2D eigenvalue weighted by molar-refractivity contribution is -0.125. The van der Waals surface area contributed by atoms with Gasteiger partial charge in [0.2, 0.25) is 5.91 Å². The smallest absolute Gasteiger partial charge is 0.276 e. The van der Waals surface area contributed by atoms with E-state index in [1.54, 1.807) is 18.3 Å². The average Bonchev–Trinajstić information content (AvgIpc) is 3.06.